The standard InChI is InChI=1S/C17H13FN2O3/c1-11-15(10-22-16-7-2-12(9-21)8-19-16)17(20-23-11)13-3-5-14(18)6-4-13/h2-9H,10H2,1H3. The fourth-order valence-corrected chi connectivity index (χ4v) is 2.09. The number of pyridine rings is 1. The highest BCUT2D eigenvalue weighted by molar-refractivity contribution is 5.74. The van der Waals surface area contributed by atoms with E-state index in [1.54, 1.807) is 31.2 Å². The molecule has 2 aromatic heterocycles. The van der Waals surface area contributed by atoms with Crippen molar-refractivity contribution < 1.29 is 18.4 Å². The monoisotopic (exact) mass is 312 g/mol. The van der Waals surface area contributed by atoms with Crippen LogP contribution in [0.25, 0.3) is 11.3 Å². The molecule has 0 bridgehead atoms. The van der Waals surface area contributed by atoms with Gasteiger partial charge in [-0.15, -0.1) is 0 Å². The summed E-state index contributed by atoms with van der Waals surface area (Å²) in [4.78, 5) is 14.6. The highest BCUT2D eigenvalue weighted by atomic mass is 19.1. The fourth-order valence-electron chi connectivity index (χ4n) is 2.09. The molecule has 0 aliphatic carbocycles. The van der Waals surface area contributed by atoms with Gasteiger partial charge in [-0.05, 0) is 37.3 Å². The number of aldehydes is 1. The van der Waals surface area contributed by atoms with E-state index in [0.717, 1.165) is 11.1 Å². The summed E-state index contributed by atoms with van der Waals surface area (Å²) in [6, 6.07) is 9.23. The van der Waals surface area contributed by atoms with E-state index >= 15 is 0 Å². The Morgan fingerprint density at radius 2 is 2.00 bits per heavy atom. The first-order chi connectivity index (χ1) is 11.2. The molecule has 3 aromatic rings. The van der Waals surface area contributed by atoms with Crippen LogP contribution in [0.2, 0.25) is 0 Å². The van der Waals surface area contributed by atoms with Crippen molar-refractivity contribution in [3.63, 3.8) is 0 Å². The van der Waals surface area contributed by atoms with E-state index in [2.05, 4.69) is 10.1 Å². The summed E-state index contributed by atoms with van der Waals surface area (Å²) in [6.07, 6.45) is 2.15. The Labute approximate surface area is 131 Å². The lowest BCUT2D eigenvalue weighted by atomic mass is 10.1. The van der Waals surface area contributed by atoms with Gasteiger partial charge < -0.3 is 9.26 Å². The van der Waals surface area contributed by atoms with Gasteiger partial charge in [0.15, 0.2) is 6.29 Å². The predicted octanol–water partition coefficient (Wildman–Crippen LogP) is 3.58. The molecule has 0 aliphatic heterocycles. The lowest BCUT2D eigenvalue weighted by Crippen LogP contribution is -2.00. The first-order valence-electron chi connectivity index (χ1n) is 6.92. The summed E-state index contributed by atoms with van der Waals surface area (Å²) in [5, 5.41) is 4.01. The largest absolute Gasteiger partial charge is 0.473 e. The number of ether oxygens (including phenoxy) is 1. The fraction of sp³-hybridized carbons (Fsp3) is 0.118. The summed E-state index contributed by atoms with van der Waals surface area (Å²) in [6.45, 7) is 1.98. The second-order valence-corrected chi connectivity index (χ2v) is 4.91. The minimum Gasteiger partial charge on any atom is -0.473 e. The number of aromatic nitrogens is 2. The van der Waals surface area contributed by atoms with E-state index in [9.17, 15) is 9.18 Å². The lowest BCUT2D eigenvalue weighted by molar-refractivity contribution is 0.112. The number of hydrogen-bond acceptors (Lipinski definition) is 5. The molecule has 0 unspecified atom stereocenters. The number of hydrogen-bond donors (Lipinski definition) is 0. The molecule has 0 atom stereocenters. The van der Waals surface area contributed by atoms with Crippen LogP contribution in [0.15, 0.2) is 47.1 Å². The van der Waals surface area contributed by atoms with Gasteiger partial charge in [-0.2, -0.15) is 0 Å². The number of halogens is 1. The zero-order valence-corrected chi connectivity index (χ0v) is 12.3. The van der Waals surface area contributed by atoms with Crippen LogP contribution in [0.5, 0.6) is 5.88 Å². The average molecular weight is 312 g/mol. The maximum absolute atomic E-state index is 13.0. The highest BCUT2D eigenvalue weighted by Gasteiger charge is 2.15. The van der Waals surface area contributed by atoms with Gasteiger partial charge in [-0.3, -0.25) is 4.79 Å². The summed E-state index contributed by atoms with van der Waals surface area (Å²) < 4.78 is 23.9. The zero-order valence-electron chi connectivity index (χ0n) is 12.3. The smallest absolute Gasteiger partial charge is 0.213 e. The van der Waals surface area contributed by atoms with E-state index in [0.29, 0.717) is 29.2 Å². The number of rotatable bonds is 5. The van der Waals surface area contributed by atoms with Gasteiger partial charge in [0.1, 0.15) is 23.9 Å². The molecule has 0 saturated heterocycles. The Bertz CT molecular complexity index is 811. The normalized spacial score (nSPS) is 10.5. The predicted molar refractivity (Wildman–Crippen MR) is 80.6 cm³/mol. The second kappa shape index (κ2) is 6.39. The molecule has 1 aromatic carbocycles. The summed E-state index contributed by atoms with van der Waals surface area (Å²) >= 11 is 0. The van der Waals surface area contributed by atoms with Crippen molar-refractivity contribution in [2.45, 2.75) is 13.5 Å². The van der Waals surface area contributed by atoms with Gasteiger partial charge >= 0.3 is 0 Å². The topological polar surface area (TPSA) is 65.2 Å². The van der Waals surface area contributed by atoms with Crippen molar-refractivity contribution in [1.82, 2.24) is 10.1 Å². The molecule has 5 nitrogen and oxygen atoms in total. The van der Waals surface area contributed by atoms with Gasteiger partial charge in [0.25, 0.3) is 0 Å². The van der Waals surface area contributed by atoms with Crippen molar-refractivity contribution in [1.29, 1.82) is 0 Å². The average Bonchev–Trinajstić information content (AvgIpc) is 2.95. The van der Waals surface area contributed by atoms with Crippen LogP contribution < -0.4 is 4.74 Å². The van der Waals surface area contributed by atoms with Crippen molar-refractivity contribution in [3.05, 3.63) is 65.3 Å². The van der Waals surface area contributed by atoms with E-state index < -0.39 is 0 Å². The molecule has 0 fully saturated rings. The van der Waals surface area contributed by atoms with Crippen LogP contribution >= 0.6 is 0 Å². The Morgan fingerprint density at radius 3 is 2.65 bits per heavy atom. The third kappa shape index (κ3) is 3.26. The number of nitrogens with zero attached hydrogens (tertiary/aromatic N) is 2. The molecular weight excluding hydrogens is 299 g/mol. The van der Waals surface area contributed by atoms with E-state index in [4.69, 9.17) is 9.26 Å². The van der Waals surface area contributed by atoms with Crippen LogP contribution in [0.1, 0.15) is 21.7 Å². The minimum atomic E-state index is -0.314. The lowest BCUT2D eigenvalue weighted by Gasteiger charge is -2.06. The summed E-state index contributed by atoms with van der Waals surface area (Å²) in [5.74, 6) is 0.696. The maximum Gasteiger partial charge on any atom is 0.213 e. The van der Waals surface area contributed by atoms with Crippen LogP contribution in [-0.2, 0) is 6.61 Å². The molecule has 0 N–H and O–H groups in total. The molecule has 0 radical (unpaired) electrons. The van der Waals surface area contributed by atoms with Crippen LogP contribution in [0.3, 0.4) is 0 Å². The molecule has 116 valence electrons. The number of benzene rings is 1. The van der Waals surface area contributed by atoms with Crippen molar-refractivity contribution in [2.75, 3.05) is 0 Å². The Kier molecular flexibility index (Phi) is 4.14. The Morgan fingerprint density at radius 1 is 1.22 bits per heavy atom. The third-order valence-electron chi connectivity index (χ3n) is 3.36. The molecule has 0 spiro atoms. The number of carbonyl (C=O) groups excluding carboxylic acids is 1. The Hall–Kier alpha value is -3.02. The summed E-state index contributed by atoms with van der Waals surface area (Å²) in [7, 11) is 0. The molecule has 23 heavy (non-hydrogen) atoms. The quantitative estimate of drug-likeness (QED) is 0.674. The van der Waals surface area contributed by atoms with Gasteiger partial charge in [-0.25, -0.2) is 9.37 Å². The van der Waals surface area contributed by atoms with Gasteiger partial charge in [0, 0.05) is 23.4 Å². The van der Waals surface area contributed by atoms with E-state index in [1.165, 1.54) is 18.3 Å². The van der Waals surface area contributed by atoms with Crippen LogP contribution in [0.4, 0.5) is 4.39 Å². The first kappa shape index (κ1) is 14.9. The first-order valence-corrected chi connectivity index (χ1v) is 6.92. The van der Waals surface area contributed by atoms with Crippen molar-refractivity contribution in [3.8, 4) is 17.1 Å². The van der Waals surface area contributed by atoms with Crippen LogP contribution in [0, 0.1) is 12.7 Å². The highest BCUT2D eigenvalue weighted by Crippen LogP contribution is 2.26. The molecule has 2 heterocycles. The number of carbonyl (C=O) groups is 1. The van der Waals surface area contributed by atoms with Gasteiger partial charge in [0.2, 0.25) is 5.88 Å². The third-order valence-corrected chi connectivity index (χ3v) is 3.36. The minimum absolute atomic E-state index is 0.204. The van der Waals surface area contributed by atoms with E-state index in [-0.39, 0.29) is 12.4 Å². The SMILES string of the molecule is Cc1onc(-c2ccc(F)cc2)c1COc1ccc(C=O)cn1. The summed E-state index contributed by atoms with van der Waals surface area (Å²) in [5.41, 5.74) is 2.58. The molecule has 0 amide bonds. The van der Waals surface area contributed by atoms with E-state index in [1.807, 2.05) is 0 Å². The van der Waals surface area contributed by atoms with Gasteiger partial charge in [-0.1, -0.05) is 5.16 Å². The Balaban J connectivity index is 1.81. The zero-order chi connectivity index (χ0) is 16.2. The molecular formula is C17H13FN2O3. The van der Waals surface area contributed by atoms with Crippen molar-refractivity contribution >= 4 is 6.29 Å². The van der Waals surface area contributed by atoms with Gasteiger partial charge in [0.05, 0.1) is 5.56 Å². The van der Waals surface area contributed by atoms with Crippen LogP contribution in [-0.4, -0.2) is 16.4 Å². The molecule has 3 rings (SSSR count). The maximum atomic E-state index is 13.0. The second-order valence-electron chi connectivity index (χ2n) is 4.91. The molecule has 6 heteroatoms. The molecule has 0 aliphatic rings. The molecule has 0 saturated carbocycles. The number of aryl methyl sites for hydroxylation is 1. The van der Waals surface area contributed by atoms with Crippen molar-refractivity contribution in [2.24, 2.45) is 0 Å².